The molecule has 0 bridgehead atoms. The second kappa shape index (κ2) is 4.52. The lowest BCUT2D eigenvalue weighted by Crippen LogP contribution is -2.45. The third-order valence-electron chi connectivity index (χ3n) is 2.75. The summed E-state index contributed by atoms with van der Waals surface area (Å²) in [5.74, 6) is -1.29. The van der Waals surface area contributed by atoms with Crippen LogP contribution < -0.4 is 10.6 Å². The topological polar surface area (TPSA) is 101 Å². The van der Waals surface area contributed by atoms with Gasteiger partial charge in [-0.05, 0) is 13.8 Å². The highest BCUT2D eigenvalue weighted by atomic mass is 16.2. The van der Waals surface area contributed by atoms with E-state index in [1.54, 1.807) is 0 Å². The van der Waals surface area contributed by atoms with E-state index in [4.69, 9.17) is 0 Å². The summed E-state index contributed by atoms with van der Waals surface area (Å²) in [6, 6.07) is -1.27. The monoisotopic (exact) mass is 248 g/mol. The number of carbonyl (C=O) groups excluding carboxylic acids is 3. The Bertz CT molecular complexity index is 515. The molecule has 7 heteroatoms. The number of ketones is 2. The number of amides is 2. The summed E-state index contributed by atoms with van der Waals surface area (Å²) >= 11 is 0. The fourth-order valence-electron chi connectivity index (χ4n) is 2.02. The first kappa shape index (κ1) is 12.2. The summed E-state index contributed by atoms with van der Waals surface area (Å²) in [6.07, 6.45) is 2.88. The highest BCUT2D eigenvalue weighted by molar-refractivity contribution is 6.03. The van der Waals surface area contributed by atoms with Gasteiger partial charge in [-0.15, -0.1) is 0 Å². The van der Waals surface area contributed by atoms with Crippen LogP contribution in [0.25, 0.3) is 0 Å². The third-order valence-corrected chi connectivity index (χ3v) is 2.75. The van der Waals surface area contributed by atoms with E-state index in [-0.39, 0.29) is 17.4 Å². The first-order chi connectivity index (χ1) is 8.50. The summed E-state index contributed by atoms with van der Waals surface area (Å²) in [5, 5.41) is 5.02. The average molecular weight is 248 g/mol. The molecule has 0 saturated carbocycles. The van der Waals surface area contributed by atoms with Crippen LogP contribution in [0.15, 0.2) is 12.4 Å². The van der Waals surface area contributed by atoms with E-state index in [0.717, 1.165) is 0 Å². The Hall–Kier alpha value is -2.31. The SMILES string of the molecule is CC(=O)C(C(C)=O)C1NC(=O)Nc2nccnc21. The van der Waals surface area contributed by atoms with Crippen molar-refractivity contribution in [2.24, 2.45) is 5.92 Å². The number of hydrogen-bond acceptors (Lipinski definition) is 5. The molecule has 2 rings (SSSR count). The maximum Gasteiger partial charge on any atom is 0.321 e. The Kier molecular flexibility index (Phi) is 3.05. The Balaban J connectivity index is 2.47. The van der Waals surface area contributed by atoms with Crippen molar-refractivity contribution in [2.75, 3.05) is 5.32 Å². The van der Waals surface area contributed by atoms with E-state index < -0.39 is 18.0 Å². The van der Waals surface area contributed by atoms with Crippen molar-refractivity contribution in [1.82, 2.24) is 15.3 Å². The predicted molar refractivity (Wildman–Crippen MR) is 61.8 cm³/mol. The van der Waals surface area contributed by atoms with E-state index in [1.165, 1.54) is 26.2 Å². The van der Waals surface area contributed by atoms with Crippen LogP contribution in [0.2, 0.25) is 0 Å². The van der Waals surface area contributed by atoms with E-state index in [2.05, 4.69) is 20.6 Å². The highest BCUT2D eigenvalue weighted by Crippen LogP contribution is 2.29. The van der Waals surface area contributed by atoms with Crippen molar-refractivity contribution in [2.45, 2.75) is 19.9 Å². The third kappa shape index (κ3) is 2.06. The lowest BCUT2D eigenvalue weighted by Gasteiger charge is -2.28. The number of hydrogen-bond donors (Lipinski definition) is 2. The lowest BCUT2D eigenvalue weighted by molar-refractivity contribution is -0.131. The standard InChI is InChI=1S/C11H12N4O3/c1-5(16)7(6(2)17)8-9-10(13-4-3-12-9)15-11(18)14-8/h3-4,7-8H,1-2H3,(H2,13,14,15,18). The number of Topliss-reactive ketones (excluding diaryl/α,β-unsaturated/α-hetero) is 2. The van der Waals surface area contributed by atoms with Gasteiger partial charge in [0.1, 0.15) is 23.2 Å². The molecular weight excluding hydrogens is 236 g/mol. The molecule has 2 amide bonds. The molecular formula is C11H12N4O3. The van der Waals surface area contributed by atoms with Crippen molar-refractivity contribution in [3.05, 3.63) is 18.1 Å². The predicted octanol–water partition coefficient (Wildman–Crippen LogP) is 0.447. The number of rotatable bonds is 3. The quantitative estimate of drug-likeness (QED) is 0.756. The maximum absolute atomic E-state index is 11.6. The lowest BCUT2D eigenvalue weighted by atomic mass is 9.89. The molecule has 2 N–H and O–H groups in total. The molecule has 0 fully saturated rings. The van der Waals surface area contributed by atoms with Crippen molar-refractivity contribution >= 4 is 23.4 Å². The van der Waals surface area contributed by atoms with Crippen LogP contribution in [-0.2, 0) is 9.59 Å². The van der Waals surface area contributed by atoms with Gasteiger partial charge in [0.2, 0.25) is 0 Å². The van der Waals surface area contributed by atoms with E-state index in [0.29, 0.717) is 5.69 Å². The van der Waals surface area contributed by atoms with E-state index in [1.807, 2.05) is 0 Å². The molecule has 1 aliphatic heterocycles. The molecule has 0 spiro atoms. The number of fused-ring (bicyclic) bond motifs is 1. The largest absolute Gasteiger partial charge is 0.328 e. The van der Waals surface area contributed by atoms with Crippen molar-refractivity contribution in [3.63, 3.8) is 0 Å². The molecule has 1 aromatic rings. The summed E-state index contributed by atoms with van der Waals surface area (Å²) < 4.78 is 0. The zero-order chi connectivity index (χ0) is 13.3. The summed E-state index contributed by atoms with van der Waals surface area (Å²) in [5.41, 5.74) is 0.396. The molecule has 7 nitrogen and oxygen atoms in total. The number of carbonyl (C=O) groups is 3. The molecule has 18 heavy (non-hydrogen) atoms. The minimum Gasteiger partial charge on any atom is -0.328 e. The Morgan fingerprint density at radius 3 is 2.44 bits per heavy atom. The molecule has 1 unspecified atom stereocenters. The fraction of sp³-hybridized carbons (Fsp3) is 0.364. The van der Waals surface area contributed by atoms with Crippen LogP contribution in [0.4, 0.5) is 10.6 Å². The number of nitrogens with one attached hydrogen (secondary N) is 2. The molecule has 0 saturated heterocycles. The number of aromatic nitrogens is 2. The van der Waals surface area contributed by atoms with Gasteiger partial charge in [-0.3, -0.25) is 19.9 Å². The van der Waals surface area contributed by atoms with Gasteiger partial charge in [0.15, 0.2) is 5.82 Å². The van der Waals surface area contributed by atoms with Gasteiger partial charge in [-0.1, -0.05) is 0 Å². The van der Waals surface area contributed by atoms with Gasteiger partial charge in [0.25, 0.3) is 0 Å². The van der Waals surface area contributed by atoms with Gasteiger partial charge in [-0.2, -0.15) is 0 Å². The van der Waals surface area contributed by atoms with Gasteiger partial charge >= 0.3 is 6.03 Å². The van der Waals surface area contributed by atoms with Crippen LogP contribution >= 0.6 is 0 Å². The van der Waals surface area contributed by atoms with E-state index in [9.17, 15) is 14.4 Å². The van der Waals surface area contributed by atoms with Gasteiger partial charge in [0.05, 0.1) is 6.04 Å². The minimum absolute atomic E-state index is 0.277. The van der Waals surface area contributed by atoms with Crippen LogP contribution in [-0.4, -0.2) is 27.6 Å². The normalized spacial score (nSPS) is 17.7. The van der Waals surface area contributed by atoms with Crippen LogP contribution in [0.3, 0.4) is 0 Å². The molecule has 94 valence electrons. The Morgan fingerprint density at radius 2 is 1.83 bits per heavy atom. The number of urea groups is 1. The van der Waals surface area contributed by atoms with Gasteiger partial charge in [-0.25, -0.2) is 9.78 Å². The fourth-order valence-corrected chi connectivity index (χ4v) is 2.02. The second-order valence-electron chi connectivity index (χ2n) is 4.07. The van der Waals surface area contributed by atoms with Crippen molar-refractivity contribution in [1.29, 1.82) is 0 Å². The molecule has 0 aromatic carbocycles. The molecule has 0 radical (unpaired) electrons. The van der Waals surface area contributed by atoms with Crippen LogP contribution in [0, 0.1) is 5.92 Å². The highest BCUT2D eigenvalue weighted by Gasteiger charge is 2.37. The summed E-state index contributed by atoms with van der Waals surface area (Å²) in [4.78, 5) is 42.6. The summed E-state index contributed by atoms with van der Waals surface area (Å²) in [6.45, 7) is 2.63. The number of anilines is 1. The van der Waals surface area contributed by atoms with Crippen molar-refractivity contribution < 1.29 is 14.4 Å². The zero-order valence-electron chi connectivity index (χ0n) is 9.93. The van der Waals surface area contributed by atoms with Crippen LogP contribution in [0.1, 0.15) is 25.6 Å². The number of nitrogens with zero attached hydrogens (tertiary/aromatic N) is 2. The zero-order valence-corrected chi connectivity index (χ0v) is 9.93. The molecule has 1 aliphatic rings. The second-order valence-corrected chi connectivity index (χ2v) is 4.07. The van der Waals surface area contributed by atoms with Gasteiger partial charge < -0.3 is 5.32 Å². The van der Waals surface area contributed by atoms with E-state index >= 15 is 0 Å². The first-order valence-corrected chi connectivity index (χ1v) is 5.40. The minimum atomic E-state index is -0.938. The molecule has 1 aromatic heterocycles. The Labute approximate surface area is 103 Å². The van der Waals surface area contributed by atoms with Gasteiger partial charge in [0, 0.05) is 12.4 Å². The first-order valence-electron chi connectivity index (χ1n) is 5.40. The smallest absolute Gasteiger partial charge is 0.321 e. The van der Waals surface area contributed by atoms with Crippen molar-refractivity contribution in [3.8, 4) is 0 Å². The Morgan fingerprint density at radius 1 is 1.22 bits per heavy atom. The summed E-state index contributed by atoms with van der Waals surface area (Å²) in [7, 11) is 0. The maximum atomic E-state index is 11.6. The molecule has 1 atom stereocenters. The average Bonchev–Trinajstić information content (AvgIpc) is 2.27. The molecule has 0 aliphatic carbocycles. The van der Waals surface area contributed by atoms with Crippen LogP contribution in [0.5, 0.6) is 0 Å². The molecule has 2 heterocycles.